The topological polar surface area (TPSA) is 102 Å². The largest absolute Gasteiger partial charge is 0.507 e. The molecule has 1 unspecified atom stereocenters. The Hall–Kier alpha value is -4.64. The molecule has 5 aromatic rings. The quantitative estimate of drug-likeness (QED) is 0.0495. The van der Waals surface area contributed by atoms with Gasteiger partial charge in [-0.2, -0.15) is 0 Å². The van der Waals surface area contributed by atoms with E-state index in [1.165, 1.54) is 28.0 Å². The first-order valence-electron chi connectivity index (χ1n) is 14.4. The fourth-order valence-electron chi connectivity index (χ4n) is 4.95. The first-order chi connectivity index (χ1) is 22.4. The summed E-state index contributed by atoms with van der Waals surface area (Å²) >= 11 is 8.68. The molecule has 1 aliphatic heterocycles. The Kier molecular flexibility index (Phi) is 9.68. The van der Waals surface area contributed by atoms with Crippen LogP contribution in [0, 0.1) is 0 Å². The molecule has 0 bridgehead atoms. The van der Waals surface area contributed by atoms with E-state index >= 15 is 0 Å². The van der Waals surface area contributed by atoms with Gasteiger partial charge in [0.2, 0.25) is 5.13 Å². The van der Waals surface area contributed by atoms with E-state index in [0.29, 0.717) is 51.0 Å². The van der Waals surface area contributed by atoms with Crippen LogP contribution in [-0.2, 0) is 21.9 Å². The van der Waals surface area contributed by atoms with Gasteiger partial charge in [-0.25, -0.2) is 0 Å². The Balaban J connectivity index is 1.33. The second-order valence-corrected chi connectivity index (χ2v) is 12.9. The van der Waals surface area contributed by atoms with Crippen LogP contribution in [0.25, 0.3) is 5.76 Å². The summed E-state index contributed by atoms with van der Waals surface area (Å²) in [5, 5.41) is 21.0. The number of carbonyl (C=O) groups is 2. The zero-order chi connectivity index (χ0) is 32.0. The molecule has 232 valence electrons. The number of thioether (sulfide) groups is 1. The minimum Gasteiger partial charge on any atom is -0.507 e. The smallest absolute Gasteiger partial charge is 0.301 e. The van der Waals surface area contributed by atoms with Crippen molar-refractivity contribution in [2.75, 3.05) is 11.5 Å². The number of aromatic nitrogens is 2. The number of ether oxygens (including phenoxy) is 2. The molecule has 1 fully saturated rings. The monoisotopic (exact) mass is 669 g/mol. The van der Waals surface area contributed by atoms with Crippen molar-refractivity contribution >= 4 is 57.3 Å². The lowest BCUT2D eigenvalue weighted by molar-refractivity contribution is -0.132. The molecule has 8 nitrogen and oxygen atoms in total. The van der Waals surface area contributed by atoms with E-state index in [9.17, 15) is 14.7 Å². The van der Waals surface area contributed by atoms with E-state index in [2.05, 4.69) is 10.2 Å². The van der Waals surface area contributed by atoms with Gasteiger partial charge >= 0.3 is 5.91 Å². The highest BCUT2D eigenvalue weighted by atomic mass is 35.5. The van der Waals surface area contributed by atoms with Gasteiger partial charge < -0.3 is 14.6 Å². The summed E-state index contributed by atoms with van der Waals surface area (Å²) in [6.07, 6.45) is 0. The normalized spacial score (nSPS) is 15.7. The number of hydrogen-bond acceptors (Lipinski definition) is 9. The van der Waals surface area contributed by atoms with Crippen molar-refractivity contribution in [1.29, 1.82) is 0 Å². The molecule has 46 heavy (non-hydrogen) atoms. The molecule has 2 heterocycles. The second kappa shape index (κ2) is 14.2. The minimum absolute atomic E-state index is 0.0438. The van der Waals surface area contributed by atoms with Gasteiger partial charge in [0.15, 0.2) is 4.34 Å². The fraction of sp³-hybridized carbons (Fsp3) is 0.143. The summed E-state index contributed by atoms with van der Waals surface area (Å²) in [4.78, 5) is 28.5. The number of Topliss-reactive ketones (excluding diaryl/α,β-unsaturated/α-hetero) is 1. The van der Waals surface area contributed by atoms with Crippen molar-refractivity contribution in [1.82, 2.24) is 10.2 Å². The molecule has 1 atom stereocenters. The Bertz CT molecular complexity index is 1860. The van der Waals surface area contributed by atoms with Gasteiger partial charge in [0.1, 0.15) is 23.9 Å². The molecule has 1 amide bonds. The number of benzene rings is 4. The average molecular weight is 670 g/mol. The van der Waals surface area contributed by atoms with E-state index in [1.54, 1.807) is 48.5 Å². The first kappa shape index (κ1) is 31.3. The Morgan fingerprint density at radius 2 is 1.54 bits per heavy atom. The standard InChI is InChI=1S/C35H28ClN3O5S2/c1-2-43-27-18-12-25(13-19-27)31(40)29-30(24-10-16-28(17-11-24)44-20-22-6-4-3-5-7-22)39(33(42)32(29)41)34-37-38-35(46-34)45-21-23-8-14-26(36)15-9-23/h3-19,30,40H,2,20-21H2,1H3/b31-29-. The molecule has 11 heteroatoms. The SMILES string of the molecule is CCOc1ccc(/C(O)=C2/C(=O)C(=O)N(c3nnc(SCc4ccc(Cl)cc4)s3)C2c2ccc(OCc3ccccc3)cc2)cc1. The minimum atomic E-state index is -0.947. The van der Waals surface area contributed by atoms with Gasteiger partial charge in [-0.3, -0.25) is 14.5 Å². The summed E-state index contributed by atoms with van der Waals surface area (Å²) in [7, 11) is 0. The van der Waals surface area contributed by atoms with E-state index in [4.69, 9.17) is 21.1 Å². The van der Waals surface area contributed by atoms with Crippen LogP contribution in [0.15, 0.2) is 113 Å². The number of aliphatic hydroxyl groups excluding tert-OH is 1. The van der Waals surface area contributed by atoms with E-state index in [-0.39, 0.29) is 16.5 Å². The van der Waals surface area contributed by atoms with Crippen molar-refractivity contribution in [2.45, 2.75) is 29.7 Å². The highest BCUT2D eigenvalue weighted by Crippen LogP contribution is 2.44. The van der Waals surface area contributed by atoms with Gasteiger partial charge in [0.05, 0.1) is 18.2 Å². The van der Waals surface area contributed by atoms with Crippen molar-refractivity contribution in [3.63, 3.8) is 0 Å². The zero-order valence-electron chi connectivity index (χ0n) is 24.6. The average Bonchev–Trinajstić information content (AvgIpc) is 3.66. The number of hydrogen-bond donors (Lipinski definition) is 1. The summed E-state index contributed by atoms with van der Waals surface area (Å²) in [6.45, 7) is 2.75. The van der Waals surface area contributed by atoms with E-state index < -0.39 is 17.7 Å². The number of carbonyl (C=O) groups excluding carboxylic acids is 2. The maximum Gasteiger partial charge on any atom is 0.301 e. The maximum absolute atomic E-state index is 13.6. The molecule has 4 aromatic carbocycles. The molecule has 1 N–H and O–H groups in total. The van der Waals surface area contributed by atoms with Crippen molar-refractivity contribution < 1.29 is 24.2 Å². The zero-order valence-corrected chi connectivity index (χ0v) is 27.0. The maximum atomic E-state index is 13.6. The third-order valence-electron chi connectivity index (χ3n) is 7.20. The predicted octanol–water partition coefficient (Wildman–Crippen LogP) is 8.09. The number of amides is 1. The predicted molar refractivity (Wildman–Crippen MR) is 181 cm³/mol. The van der Waals surface area contributed by atoms with Gasteiger partial charge in [0, 0.05) is 16.3 Å². The lowest BCUT2D eigenvalue weighted by Gasteiger charge is -2.22. The van der Waals surface area contributed by atoms with Crippen LogP contribution >= 0.6 is 34.7 Å². The molecule has 1 saturated heterocycles. The van der Waals surface area contributed by atoms with Gasteiger partial charge in [-0.15, -0.1) is 10.2 Å². The van der Waals surface area contributed by atoms with Crippen molar-refractivity contribution in [2.24, 2.45) is 0 Å². The van der Waals surface area contributed by atoms with Gasteiger partial charge in [-0.1, -0.05) is 89.3 Å². The fourth-order valence-corrected chi connectivity index (χ4v) is 6.90. The third kappa shape index (κ3) is 6.94. The summed E-state index contributed by atoms with van der Waals surface area (Å²) in [5.74, 6) is -0.0396. The highest BCUT2D eigenvalue weighted by Gasteiger charge is 2.48. The molecule has 6 rings (SSSR count). The molecule has 1 aliphatic rings. The number of halogens is 1. The van der Waals surface area contributed by atoms with Crippen molar-refractivity contribution in [3.05, 3.63) is 136 Å². The van der Waals surface area contributed by atoms with Gasteiger partial charge in [-0.05, 0) is 72.1 Å². The Labute approximate surface area is 279 Å². The molecule has 1 aromatic heterocycles. The van der Waals surface area contributed by atoms with Crippen LogP contribution in [0.3, 0.4) is 0 Å². The second-order valence-electron chi connectivity index (χ2n) is 10.2. The van der Waals surface area contributed by atoms with Crippen LogP contribution in [0.5, 0.6) is 11.5 Å². The molecule has 0 radical (unpaired) electrons. The van der Waals surface area contributed by atoms with Crippen molar-refractivity contribution in [3.8, 4) is 11.5 Å². The molecule has 0 aliphatic carbocycles. The van der Waals surface area contributed by atoms with E-state index in [0.717, 1.165) is 11.1 Å². The summed E-state index contributed by atoms with van der Waals surface area (Å²) in [6, 6.07) is 30.2. The number of nitrogens with zero attached hydrogens (tertiary/aromatic N) is 3. The van der Waals surface area contributed by atoms with Crippen LogP contribution in [0.2, 0.25) is 5.02 Å². The van der Waals surface area contributed by atoms with Crippen LogP contribution in [0.1, 0.15) is 35.2 Å². The molecule has 0 saturated carbocycles. The highest BCUT2D eigenvalue weighted by molar-refractivity contribution is 8.00. The number of aliphatic hydroxyl groups is 1. The number of anilines is 1. The molecular weight excluding hydrogens is 642 g/mol. The summed E-state index contributed by atoms with van der Waals surface area (Å²) in [5.41, 5.74) is 3.01. The molecular formula is C35H28ClN3O5S2. The van der Waals surface area contributed by atoms with Gasteiger partial charge in [0.25, 0.3) is 5.78 Å². The van der Waals surface area contributed by atoms with Crippen LogP contribution in [-0.4, -0.2) is 33.6 Å². The Morgan fingerprint density at radius 3 is 2.24 bits per heavy atom. The van der Waals surface area contributed by atoms with E-state index in [1.807, 2.05) is 61.5 Å². The number of rotatable bonds is 11. The molecule has 0 spiro atoms. The van der Waals surface area contributed by atoms with Crippen LogP contribution < -0.4 is 14.4 Å². The lowest BCUT2D eigenvalue weighted by Crippen LogP contribution is -2.29. The van der Waals surface area contributed by atoms with Crippen LogP contribution in [0.4, 0.5) is 5.13 Å². The number of ketones is 1. The lowest BCUT2D eigenvalue weighted by atomic mass is 9.95. The first-order valence-corrected chi connectivity index (χ1v) is 16.6. The Morgan fingerprint density at radius 1 is 0.870 bits per heavy atom. The summed E-state index contributed by atoms with van der Waals surface area (Å²) < 4.78 is 12.1. The third-order valence-corrected chi connectivity index (χ3v) is 9.58.